The van der Waals surface area contributed by atoms with Crippen LogP contribution < -0.4 is 11.1 Å². The van der Waals surface area contributed by atoms with Crippen LogP contribution in [0.15, 0.2) is 12.2 Å². The van der Waals surface area contributed by atoms with E-state index in [9.17, 15) is 9.59 Å². The molecule has 10 atom stereocenters. The fraction of sp³-hybridized carbons (Fsp3) is 0.895. The van der Waals surface area contributed by atoms with Crippen molar-refractivity contribution in [1.82, 2.24) is 5.32 Å². The molecule has 43 heavy (non-hydrogen) atoms. The average molecular weight is 597 g/mol. The SMILES string of the molecule is C=C(C)[C@@H]1CC[C@]2(C(=O)NCCCCCCN)CC[C@]3(C)[C@H](CCC4[C@@]5(C)CC[C@H](OC(C)=O)C(C)(C)[C@@H]5CC[C@]43C)[C@@H]12. The van der Waals surface area contributed by atoms with Crippen molar-refractivity contribution in [3.05, 3.63) is 12.2 Å². The minimum absolute atomic E-state index is 0.0155. The van der Waals surface area contributed by atoms with Gasteiger partial charge in [0.15, 0.2) is 0 Å². The summed E-state index contributed by atoms with van der Waals surface area (Å²) in [6, 6.07) is 0. The summed E-state index contributed by atoms with van der Waals surface area (Å²) < 4.78 is 5.94. The van der Waals surface area contributed by atoms with Gasteiger partial charge in [-0.1, -0.05) is 59.6 Å². The van der Waals surface area contributed by atoms with Crippen LogP contribution in [0.4, 0.5) is 0 Å². The maximum absolute atomic E-state index is 14.2. The molecule has 5 rings (SSSR count). The van der Waals surface area contributed by atoms with Gasteiger partial charge in [-0.2, -0.15) is 0 Å². The van der Waals surface area contributed by atoms with Crippen LogP contribution in [-0.2, 0) is 14.3 Å². The first-order valence-corrected chi connectivity index (χ1v) is 18.0. The maximum atomic E-state index is 14.2. The zero-order chi connectivity index (χ0) is 31.4. The molecule has 0 aromatic heterocycles. The van der Waals surface area contributed by atoms with Crippen LogP contribution in [0.3, 0.4) is 0 Å². The molecule has 0 aromatic rings. The van der Waals surface area contributed by atoms with Gasteiger partial charge < -0.3 is 15.8 Å². The molecule has 0 spiro atoms. The van der Waals surface area contributed by atoms with Gasteiger partial charge in [-0.05, 0) is 136 Å². The van der Waals surface area contributed by atoms with Crippen molar-refractivity contribution in [3.63, 3.8) is 0 Å². The zero-order valence-electron chi connectivity index (χ0n) is 28.8. The van der Waals surface area contributed by atoms with E-state index in [1.807, 2.05) is 0 Å². The lowest BCUT2D eigenvalue weighted by Crippen LogP contribution is -2.67. The van der Waals surface area contributed by atoms with Crippen LogP contribution >= 0.6 is 0 Å². The van der Waals surface area contributed by atoms with Crippen molar-refractivity contribution in [1.29, 1.82) is 0 Å². The summed E-state index contributed by atoms with van der Waals surface area (Å²) in [5.41, 5.74) is 7.43. The van der Waals surface area contributed by atoms with Crippen LogP contribution in [0.5, 0.6) is 0 Å². The number of carbonyl (C=O) groups is 2. The number of esters is 1. The molecule has 3 N–H and O–H groups in total. The number of rotatable bonds is 9. The molecule has 5 aliphatic rings. The van der Waals surface area contributed by atoms with Crippen molar-refractivity contribution < 1.29 is 14.3 Å². The first-order chi connectivity index (χ1) is 20.2. The highest BCUT2D eigenvalue weighted by atomic mass is 16.5. The number of hydrogen-bond acceptors (Lipinski definition) is 4. The third-order valence-electron chi connectivity index (χ3n) is 15.2. The molecule has 0 saturated heterocycles. The second-order valence-corrected chi connectivity index (χ2v) is 17.3. The van der Waals surface area contributed by atoms with Crippen molar-refractivity contribution in [2.75, 3.05) is 13.1 Å². The minimum Gasteiger partial charge on any atom is -0.462 e. The Kier molecular flexibility index (Phi) is 9.04. The maximum Gasteiger partial charge on any atom is 0.302 e. The Hall–Kier alpha value is -1.36. The second-order valence-electron chi connectivity index (χ2n) is 17.3. The van der Waals surface area contributed by atoms with Crippen molar-refractivity contribution in [2.45, 2.75) is 144 Å². The Labute approximate surface area is 263 Å². The highest BCUT2D eigenvalue weighted by molar-refractivity contribution is 5.83. The van der Waals surface area contributed by atoms with Gasteiger partial charge in [0, 0.05) is 18.9 Å². The van der Waals surface area contributed by atoms with Gasteiger partial charge in [0.1, 0.15) is 6.10 Å². The monoisotopic (exact) mass is 596 g/mol. The highest BCUT2D eigenvalue weighted by Crippen LogP contribution is 2.77. The number of hydrogen-bond donors (Lipinski definition) is 2. The van der Waals surface area contributed by atoms with Gasteiger partial charge in [-0.25, -0.2) is 0 Å². The molecule has 5 fully saturated rings. The van der Waals surface area contributed by atoms with E-state index in [0.717, 1.165) is 77.3 Å². The lowest BCUT2D eigenvalue weighted by molar-refractivity contribution is -0.248. The summed E-state index contributed by atoms with van der Waals surface area (Å²) in [4.78, 5) is 26.2. The van der Waals surface area contributed by atoms with Gasteiger partial charge in [-0.15, -0.1) is 0 Å². The normalized spacial score (nSPS) is 44.7. The Morgan fingerprint density at radius 2 is 1.53 bits per heavy atom. The fourth-order valence-corrected chi connectivity index (χ4v) is 12.9. The van der Waals surface area contributed by atoms with Gasteiger partial charge in [0.05, 0.1) is 5.41 Å². The van der Waals surface area contributed by atoms with Crippen LogP contribution in [-0.4, -0.2) is 31.1 Å². The van der Waals surface area contributed by atoms with E-state index < -0.39 is 0 Å². The van der Waals surface area contributed by atoms with E-state index in [-0.39, 0.29) is 39.1 Å². The van der Waals surface area contributed by atoms with Crippen LogP contribution in [0.25, 0.3) is 0 Å². The molecular formula is C38H64N2O3. The number of carbonyl (C=O) groups excluding carboxylic acids is 2. The number of nitrogens with one attached hydrogen (secondary N) is 1. The quantitative estimate of drug-likeness (QED) is 0.160. The Morgan fingerprint density at radius 1 is 0.814 bits per heavy atom. The van der Waals surface area contributed by atoms with E-state index >= 15 is 0 Å². The summed E-state index contributed by atoms with van der Waals surface area (Å²) in [5.74, 6) is 2.84. The summed E-state index contributed by atoms with van der Waals surface area (Å²) in [6.45, 7) is 22.5. The van der Waals surface area contributed by atoms with E-state index in [2.05, 4.69) is 53.4 Å². The molecule has 0 bridgehead atoms. The smallest absolute Gasteiger partial charge is 0.302 e. The lowest BCUT2D eigenvalue weighted by atomic mass is 9.32. The molecule has 5 saturated carbocycles. The van der Waals surface area contributed by atoms with Crippen molar-refractivity contribution in [2.24, 2.45) is 62.4 Å². The average Bonchev–Trinajstić information content (AvgIpc) is 3.34. The number of ether oxygens (including phenoxy) is 1. The van der Waals surface area contributed by atoms with Crippen LogP contribution in [0, 0.1) is 56.7 Å². The van der Waals surface area contributed by atoms with Gasteiger partial charge in [0.25, 0.3) is 0 Å². The van der Waals surface area contributed by atoms with E-state index in [1.54, 1.807) is 6.92 Å². The fourth-order valence-electron chi connectivity index (χ4n) is 12.9. The highest BCUT2D eigenvalue weighted by Gasteiger charge is 2.72. The van der Waals surface area contributed by atoms with Crippen molar-refractivity contribution >= 4 is 11.9 Å². The molecule has 244 valence electrons. The third kappa shape index (κ3) is 5.05. The van der Waals surface area contributed by atoms with E-state index in [4.69, 9.17) is 10.5 Å². The van der Waals surface area contributed by atoms with E-state index in [0.29, 0.717) is 35.5 Å². The molecule has 0 aliphatic heterocycles. The first-order valence-electron chi connectivity index (χ1n) is 18.0. The lowest BCUT2D eigenvalue weighted by Gasteiger charge is -2.72. The molecule has 0 aromatic carbocycles. The molecule has 0 radical (unpaired) electrons. The Morgan fingerprint density at radius 3 is 2.21 bits per heavy atom. The molecule has 1 unspecified atom stereocenters. The van der Waals surface area contributed by atoms with Crippen LogP contribution in [0.2, 0.25) is 0 Å². The molecular weight excluding hydrogens is 532 g/mol. The predicted molar refractivity (Wildman–Crippen MR) is 175 cm³/mol. The number of allylic oxidation sites excluding steroid dienone is 1. The van der Waals surface area contributed by atoms with Crippen molar-refractivity contribution in [3.8, 4) is 0 Å². The largest absolute Gasteiger partial charge is 0.462 e. The molecule has 0 heterocycles. The zero-order valence-corrected chi connectivity index (χ0v) is 28.8. The summed E-state index contributed by atoms with van der Waals surface area (Å²) in [5, 5.41) is 3.46. The Bertz CT molecular complexity index is 1090. The van der Waals surface area contributed by atoms with Gasteiger partial charge in [-0.3, -0.25) is 9.59 Å². The van der Waals surface area contributed by atoms with Gasteiger partial charge in [0.2, 0.25) is 5.91 Å². The molecule has 5 heteroatoms. The number of amides is 1. The number of fused-ring (bicyclic) bond motifs is 7. The molecule has 1 amide bonds. The minimum atomic E-state index is -0.237. The number of nitrogens with two attached hydrogens (primary N) is 1. The van der Waals surface area contributed by atoms with E-state index in [1.165, 1.54) is 31.3 Å². The number of unbranched alkanes of at least 4 members (excludes halogenated alkanes) is 3. The third-order valence-corrected chi connectivity index (χ3v) is 15.2. The Balaban J connectivity index is 1.41. The molecule has 5 aliphatic carbocycles. The van der Waals surface area contributed by atoms with Crippen LogP contribution in [0.1, 0.15) is 138 Å². The predicted octanol–water partition coefficient (Wildman–Crippen LogP) is 8.21. The summed E-state index contributed by atoms with van der Waals surface area (Å²) in [6.07, 6.45) is 15.8. The summed E-state index contributed by atoms with van der Waals surface area (Å²) in [7, 11) is 0. The first kappa shape index (κ1) is 33.0. The topological polar surface area (TPSA) is 81.4 Å². The summed E-state index contributed by atoms with van der Waals surface area (Å²) >= 11 is 0. The second kappa shape index (κ2) is 11.8. The van der Waals surface area contributed by atoms with Gasteiger partial charge >= 0.3 is 5.97 Å². The standard InChI is InChI=1S/C38H64N2O3/c1-25(2)27-15-20-38(33(42)40-24-12-10-9-11-23-39)22-21-36(7)28(32(27)38)13-14-30-35(6)18-17-31(43-26(3)41)34(4,5)29(35)16-19-37(30,36)8/h27-32H,1,9-24,39H2,2-8H3,(H,40,42)/t27-,28+,29-,30?,31-,32+,35-,36+,37+,38-/m0/s1. The molecule has 5 nitrogen and oxygen atoms in total.